The topological polar surface area (TPSA) is 114 Å². The first-order valence-corrected chi connectivity index (χ1v) is 10.3. The molecule has 0 radical (unpaired) electrons. The number of hydrogen-bond acceptors (Lipinski definition) is 7. The molecule has 0 spiro atoms. The molecule has 3 aromatic rings. The Labute approximate surface area is 189 Å². The summed E-state index contributed by atoms with van der Waals surface area (Å²) in [6.45, 7) is 0.254. The molecular formula is C21H18F5N5O3. The van der Waals surface area contributed by atoms with Gasteiger partial charge in [0.05, 0.1) is 18.0 Å². The highest BCUT2D eigenvalue weighted by Crippen LogP contribution is 2.35. The molecule has 1 aliphatic rings. The van der Waals surface area contributed by atoms with E-state index in [0.29, 0.717) is 49.9 Å². The number of aromatic hydroxyl groups is 1. The molecule has 1 aliphatic carbocycles. The number of phenolic OH excluding ortho intramolecular Hbond substituents is 1. The van der Waals surface area contributed by atoms with Crippen LogP contribution in [0.1, 0.15) is 53.5 Å². The van der Waals surface area contributed by atoms with Gasteiger partial charge in [0.15, 0.2) is 17.3 Å². The van der Waals surface area contributed by atoms with Gasteiger partial charge in [-0.05, 0) is 37.7 Å². The molecule has 1 fully saturated rings. The quantitative estimate of drug-likeness (QED) is 0.522. The summed E-state index contributed by atoms with van der Waals surface area (Å²) in [6.07, 6.45) is -0.375. The van der Waals surface area contributed by atoms with E-state index in [1.165, 1.54) is 0 Å². The number of hydrogen-bond donors (Lipinski definition) is 2. The Balaban J connectivity index is 1.30. The standard InChI is InChI=1S/C21H18F5N5O3/c22-13-6-16(32)14(23)5-12(13)19(33)29-7-10-1-3-11(4-2-10)20-30-18(31-34-20)15-8-28-17(9-27-15)21(24,25)26/h5-6,8-11,32H,1-4,7H2,(H,29,33)/t10-,11-. The first kappa shape index (κ1) is 23.5. The molecule has 8 nitrogen and oxygen atoms in total. The second-order valence-electron chi connectivity index (χ2n) is 7.95. The lowest BCUT2D eigenvalue weighted by atomic mass is 9.82. The summed E-state index contributed by atoms with van der Waals surface area (Å²) in [7, 11) is 0. The number of benzene rings is 1. The smallest absolute Gasteiger partial charge is 0.434 e. The normalized spacial score (nSPS) is 18.6. The first-order valence-electron chi connectivity index (χ1n) is 10.3. The number of rotatable bonds is 5. The monoisotopic (exact) mass is 483 g/mol. The highest BCUT2D eigenvalue weighted by atomic mass is 19.4. The Kier molecular flexibility index (Phi) is 6.44. The van der Waals surface area contributed by atoms with Crippen molar-refractivity contribution in [3.8, 4) is 17.3 Å². The van der Waals surface area contributed by atoms with Gasteiger partial charge in [0, 0.05) is 18.5 Å². The minimum atomic E-state index is -4.60. The molecule has 4 rings (SSSR count). The maximum atomic E-state index is 13.8. The number of nitrogens with one attached hydrogen (secondary N) is 1. The fourth-order valence-electron chi connectivity index (χ4n) is 3.75. The molecule has 1 saturated carbocycles. The summed E-state index contributed by atoms with van der Waals surface area (Å²) in [5.41, 5.74) is -1.56. The Morgan fingerprint density at radius 3 is 2.47 bits per heavy atom. The van der Waals surface area contributed by atoms with Crippen LogP contribution in [-0.4, -0.2) is 37.7 Å². The second-order valence-corrected chi connectivity index (χ2v) is 7.95. The SMILES string of the molecule is O=C(NC[C@H]1CC[C@H](c2nc(-c3cnc(C(F)(F)F)cn3)no2)CC1)c1cc(F)c(O)cc1F. The molecule has 1 aromatic carbocycles. The largest absolute Gasteiger partial charge is 0.505 e. The molecule has 13 heteroatoms. The third-order valence-corrected chi connectivity index (χ3v) is 5.64. The van der Waals surface area contributed by atoms with E-state index >= 15 is 0 Å². The van der Waals surface area contributed by atoms with E-state index in [9.17, 15) is 26.7 Å². The molecule has 1 amide bonds. The van der Waals surface area contributed by atoms with E-state index < -0.39 is 40.7 Å². The average molecular weight is 483 g/mol. The number of carbonyl (C=O) groups excluding carboxylic acids is 1. The van der Waals surface area contributed by atoms with E-state index in [2.05, 4.69) is 25.4 Å². The minimum Gasteiger partial charge on any atom is -0.505 e. The van der Waals surface area contributed by atoms with Gasteiger partial charge in [-0.3, -0.25) is 4.79 Å². The Morgan fingerprint density at radius 1 is 1.09 bits per heavy atom. The van der Waals surface area contributed by atoms with Crippen molar-refractivity contribution in [2.24, 2.45) is 5.92 Å². The predicted octanol–water partition coefficient (Wildman–Crippen LogP) is 4.23. The number of alkyl halides is 3. The van der Waals surface area contributed by atoms with Crippen molar-refractivity contribution in [2.75, 3.05) is 6.54 Å². The molecule has 0 atom stereocenters. The minimum absolute atomic E-state index is 0.0359. The maximum Gasteiger partial charge on any atom is 0.434 e. The van der Waals surface area contributed by atoms with Gasteiger partial charge in [-0.25, -0.2) is 18.7 Å². The van der Waals surface area contributed by atoms with Gasteiger partial charge in [0.1, 0.15) is 11.5 Å². The van der Waals surface area contributed by atoms with Crippen molar-refractivity contribution in [1.82, 2.24) is 25.4 Å². The van der Waals surface area contributed by atoms with Crippen LogP contribution in [0.4, 0.5) is 22.0 Å². The predicted molar refractivity (Wildman–Crippen MR) is 105 cm³/mol. The molecule has 2 heterocycles. The molecule has 2 aromatic heterocycles. The van der Waals surface area contributed by atoms with E-state index in [-0.39, 0.29) is 29.9 Å². The van der Waals surface area contributed by atoms with Gasteiger partial charge >= 0.3 is 6.18 Å². The van der Waals surface area contributed by atoms with Crippen molar-refractivity contribution in [3.05, 3.63) is 53.3 Å². The summed E-state index contributed by atoms with van der Waals surface area (Å²) in [5, 5.41) is 15.5. The number of carbonyl (C=O) groups is 1. The highest BCUT2D eigenvalue weighted by Gasteiger charge is 2.33. The summed E-state index contributed by atoms with van der Waals surface area (Å²) in [5.74, 6) is -3.37. The van der Waals surface area contributed by atoms with Gasteiger partial charge in [-0.2, -0.15) is 18.2 Å². The summed E-state index contributed by atoms with van der Waals surface area (Å²) in [6, 6.07) is 1.19. The van der Waals surface area contributed by atoms with Crippen molar-refractivity contribution in [2.45, 2.75) is 37.8 Å². The molecule has 0 unspecified atom stereocenters. The number of nitrogens with zero attached hydrogens (tertiary/aromatic N) is 4. The van der Waals surface area contributed by atoms with Crippen LogP contribution in [0, 0.1) is 17.6 Å². The van der Waals surface area contributed by atoms with Crippen molar-refractivity contribution < 1.29 is 36.4 Å². The Morgan fingerprint density at radius 2 is 1.82 bits per heavy atom. The summed E-state index contributed by atoms with van der Waals surface area (Å²) < 4.78 is 70.4. The van der Waals surface area contributed by atoms with Crippen molar-refractivity contribution >= 4 is 5.91 Å². The van der Waals surface area contributed by atoms with Gasteiger partial charge in [0.2, 0.25) is 11.7 Å². The van der Waals surface area contributed by atoms with Crippen LogP contribution in [-0.2, 0) is 6.18 Å². The van der Waals surface area contributed by atoms with Crippen LogP contribution in [0.2, 0.25) is 0 Å². The average Bonchev–Trinajstić information content (AvgIpc) is 3.30. The van der Waals surface area contributed by atoms with Gasteiger partial charge < -0.3 is 14.9 Å². The fraction of sp³-hybridized carbons (Fsp3) is 0.381. The van der Waals surface area contributed by atoms with Gasteiger partial charge in [-0.1, -0.05) is 5.16 Å². The molecule has 180 valence electrons. The number of amides is 1. The second kappa shape index (κ2) is 9.31. The van der Waals surface area contributed by atoms with Crippen LogP contribution in [0.15, 0.2) is 29.0 Å². The molecule has 2 N–H and O–H groups in total. The molecular weight excluding hydrogens is 465 g/mol. The van der Waals surface area contributed by atoms with E-state index in [4.69, 9.17) is 9.63 Å². The number of halogens is 5. The van der Waals surface area contributed by atoms with E-state index in [1.54, 1.807) is 0 Å². The lowest BCUT2D eigenvalue weighted by Crippen LogP contribution is -2.31. The van der Waals surface area contributed by atoms with E-state index in [1.807, 2.05) is 0 Å². The van der Waals surface area contributed by atoms with E-state index in [0.717, 1.165) is 6.20 Å². The third-order valence-electron chi connectivity index (χ3n) is 5.64. The number of phenols is 1. The van der Waals surface area contributed by atoms with Crippen LogP contribution in [0.3, 0.4) is 0 Å². The van der Waals surface area contributed by atoms with Crippen LogP contribution < -0.4 is 5.32 Å². The van der Waals surface area contributed by atoms with Crippen molar-refractivity contribution in [3.63, 3.8) is 0 Å². The molecule has 0 aliphatic heterocycles. The Bertz CT molecular complexity index is 1170. The van der Waals surface area contributed by atoms with Gasteiger partial charge in [0.25, 0.3) is 5.91 Å². The lowest BCUT2D eigenvalue weighted by molar-refractivity contribution is -0.141. The Hall–Kier alpha value is -3.64. The molecule has 0 bridgehead atoms. The molecule has 34 heavy (non-hydrogen) atoms. The zero-order chi connectivity index (χ0) is 24.5. The van der Waals surface area contributed by atoms with Crippen LogP contribution in [0.5, 0.6) is 5.75 Å². The van der Waals surface area contributed by atoms with Crippen LogP contribution in [0.25, 0.3) is 11.5 Å². The van der Waals surface area contributed by atoms with Crippen molar-refractivity contribution in [1.29, 1.82) is 0 Å². The maximum absolute atomic E-state index is 13.8. The fourth-order valence-corrected chi connectivity index (χ4v) is 3.75. The zero-order valence-corrected chi connectivity index (χ0v) is 17.4. The third kappa shape index (κ3) is 5.13. The molecule has 0 saturated heterocycles. The number of aromatic nitrogens is 4. The lowest BCUT2D eigenvalue weighted by Gasteiger charge is -2.26. The summed E-state index contributed by atoms with van der Waals surface area (Å²) >= 11 is 0. The highest BCUT2D eigenvalue weighted by molar-refractivity contribution is 5.94. The summed E-state index contributed by atoms with van der Waals surface area (Å²) in [4.78, 5) is 23.4. The van der Waals surface area contributed by atoms with Crippen LogP contribution >= 0.6 is 0 Å². The first-order chi connectivity index (χ1) is 16.1. The zero-order valence-electron chi connectivity index (χ0n) is 17.4. The van der Waals surface area contributed by atoms with Gasteiger partial charge in [-0.15, -0.1) is 0 Å².